The molecule has 1 saturated heterocycles. The Balaban J connectivity index is 2.65. The molecule has 2 N–H and O–H groups in total. The summed E-state index contributed by atoms with van der Waals surface area (Å²) in [5.41, 5.74) is -1.09. The zero-order valence-corrected chi connectivity index (χ0v) is 8.43. The first-order valence-corrected chi connectivity index (χ1v) is 4.82. The summed E-state index contributed by atoms with van der Waals surface area (Å²) < 4.78 is 0. The molecule has 1 unspecified atom stereocenters. The first kappa shape index (κ1) is 10.5. The summed E-state index contributed by atoms with van der Waals surface area (Å²) in [5.74, 6) is 0. The third-order valence-corrected chi connectivity index (χ3v) is 2.48. The fourth-order valence-corrected chi connectivity index (χ4v) is 2.08. The van der Waals surface area contributed by atoms with Gasteiger partial charge in [-0.1, -0.05) is 0 Å². The van der Waals surface area contributed by atoms with Crippen LogP contribution in [0.15, 0.2) is 0 Å². The van der Waals surface area contributed by atoms with Crippen LogP contribution in [0.3, 0.4) is 0 Å². The van der Waals surface area contributed by atoms with Crippen LogP contribution in [0.1, 0.15) is 33.1 Å². The van der Waals surface area contributed by atoms with E-state index in [1.54, 1.807) is 13.8 Å². The second-order valence-corrected chi connectivity index (χ2v) is 4.66. The van der Waals surface area contributed by atoms with Crippen molar-refractivity contribution in [3.05, 3.63) is 0 Å². The van der Waals surface area contributed by atoms with E-state index in [2.05, 4.69) is 11.4 Å². The van der Waals surface area contributed by atoms with E-state index in [4.69, 9.17) is 5.26 Å². The topological polar surface area (TPSA) is 56.0 Å². The molecule has 0 aromatic rings. The van der Waals surface area contributed by atoms with E-state index in [-0.39, 0.29) is 5.41 Å². The maximum absolute atomic E-state index is 9.69. The lowest BCUT2D eigenvalue weighted by Crippen LogP contribution is -2.43. The van der Waals surface area contributed by atoms with E-state index >= 15 is 0 Å². The highest BCUT2D eigenvalue weighted by atomic mass is 16.3. The summed E-state index contributed by atoms with van der Waals surface area (Å²) >= 11 is 0. The highest BCUT2D eigenvalue weighted by molar-refractivity contribution is 5.04. The van der Waals surface area contributed by atoms with Crippen molar-refractivity contribution in [3.8, 4) is 6.07 Å². The van der Waals surface area contributed by atoms with Crippen molar-refractivity contribution in [1.29, 1.82) is 5.26 Å². The molecule has 0 amide bonds. The molecule has 1 atom stereocenters. The molecule has 1 heterocycles. The van der Waals surface area contributed by atoms with Gasteiger partial charge in [-0.2, -0.15) is 5.26 Å². The van der Waals surface area contributed by atoms with Crippen LogP contribution in [-0.4, -0.2) is 23.8 Å². The monoisotopic (exact) mass is 182 g/mol. The van der Waals surface area contributed by atoms with Gasteiger partial charge in [-0.3, -0.25) is 0 Å². The van der Waals surface area contributed by atoms with Crippen LogP contribution in [0.5, 0.6) is 0 Å². The van der Waals surface area contributed by atoms with Crippen molar-refractivity contribution >= 4 is 0 Å². The molecule has 1 rings (SSSR count). The Morgan fingerprint density at radius 2 is 2.31 bits per heavy atom. The molecular formula is C10H18N2O. The van der Waals surface area contributed by atoms with Crippen LogP contribution in [0.4, 0.5) is 0 Å². The van der Waals surface area contributed by atoms with Gasteiger partial charge in [0.25, 0.3) is 0 Å². The van der Waals surface area contributed by atoms with Crippen molar-refractivity contribution in [2.45, 2.75) is 38.7 Å². The average Bonchev–Trinajstić information content (AvgIpc) is 2.03. The molecular weight excluding hydrogens is 164 g/mol. The van der Waals surface area contributed by atoms with E-state index in [9.17, 15) is 5.11 Å². The van der Waals surface area contributed by atoms with Gasteiger partial charge in [-0.25, -0.2) is 0 Å². The molecule has 3 nitrogen and oxygen atoms in total. The van der Waals surface area contributed by atoms with Crippen molar-refractivity contribution in [1.82, 2.24) is 5.32 Å². The molecule has 1 aliphatic heterocycles. The SMILES string of the molecule is CC(C)(O)CC1(C#N)CCCNC1. The standard InChI is InChI=1S/C10H18N2O/c1-9(2,13)6-10(7-11)4-3-5-12-8-10/h12-13H,3-6,8H2,1-2H3. The number of hydrogen-bond donors (Lipinski definition) is 2. The summed E-state index contributed by atoms with van der Waals surface area (Å²) in [5, 5.41) is 22.0. The Bertz CT molecular complexity index is 206. The summed E-state index contributed by atoms with van der Waals surface area (Å²) in [4.78, 5) is 0. The lowest BCUT2D eigenvalue weighted by atomic mass is 9.74. The molecule has 13 heavy (non-hydrogen) atoms. The molecule has 0 bridgehead atoms. The minimum atomic E-state index is -0.741. The lowest BCUT2D eigenvalue weighted by molar-refractivity contribution is 0.0303. The van der Waals surface area contributed by atoms with E-state index in [0.29, 0.717) is 13.0 Å². The second kappa shape index (κ2) is 3.65. The average molecular weight is 182 g/mol. The number of nitrogens with one attached hydrogen (secondary N) is 1. The Morgan fingerprint density at radius 3 is 2.69 bits per heavy atom. The van der Waals surface area contributed by atoms with Crippen LogP contribution < -0.4 is 5.32 Å². The summed E-state index contributed by atoms with van der Waals surface area (Å²) in [7, 11) is 0. The molecule has 0 saturated carbocycles. The summed E-state index contributed by atoms with van der Waals surface area (Å²) in [6, 6.07) is 2.35. The fraction of sp³-hybridized carbons (Fsp3) is 0.900. The zero-order chi connectivity index (χ0) is 9.95. The first-order chi connectivity index (χ1) is 5.97. The van der Waals surface area contributed by atoms with Crippen molar-refractivity contribution in [3.63, 3.8) is 0 Å². The van der Waals surface area contributed by atoms with Gasteiger partial charge in [0.1, 0.15) is 0 Å². The molecule has 0 aliphatic carbocycles. The number of hydrogen-bond acceptors (Lipinski definition) is 3. The van der Waals surface area contributed by atoms with Crippen molar-refractivity contribution < 1.29 is 5.11 Å². The smallest absolute Gasteiger partial charge is 0.0725 e. The molecule has 0 aromatic carbocycles. The van der Waals surface area contributed by atoms with Gasteiger partial charge < -0.3 is 10.4 Å². The van der Waals surface area contributed by atoms with Gasteiger partial charge in [-0.05, 0) is 39.7 Å². The van der Waals surface area contributed by atoms with E-state index in [1.807, 2.05) is 0 Å². The Labute approximate surface area is 79.8 Å². The van der Waals surface area contributed by atoms with Gasteiger partial charge >= 0.3 is 0 Å². The van der Waals surface area contributed by atoms with Crippen LogP contribution in [0.25, 0.3) is 0 Å². The summed E-state index contributed by atoms with van der Waals surface area (Å²) in [6.45, 7) is 5.24. The van der Waals surface area contributed by atoms with Crippen LogP contribution in [-0.2, 0) is 0 Å². The molecule has 1 aliphatic rings. The molecule has 0 radical (unpaired) electrons. The van der Waals surface area contributed by atoms with Gasteiger partial charge in [0.15, 0.2) is 0 Å². The van der Waals surface area contributed by atoms with Gasteiger partial charge in [-0.15, -0.1) is 0 Å². The van der Waals surface area contributed by atoms with E-state index in [0.717, 1.165) is 19.4 Å². The van der Waals surface area contributed by atoms with Gasteiger partial charge in [0, 0.05) is 6.54 Å². The maximum Gasteiger partial charge on any atom is 0.0725 e. The number of nitrogens with zero attached hydrogens (tertiary/aromatic N) is 1. The Kier molecular flexibility index (Phi) is 2.94. The van der Waals surface area contributed by atoms with Crippen LogP contribution in [0, 0.1) is 16.7 Å². The van der Waals surface area contributed by atoms with E-state index < -0.39 is 5.60 Å². The number of rotatable bonds is 2. The number of piperidine rings is 1. The largest absolute Gasteiger partial charge is 0.390 e. The predicted molar refractivity (Wildman–Crippen MR) is 51.1 cm³/mol. The quantitative estimate of drug-likeness (QED) is 0.671. The third-order valence-electron chi connectivity index (χ3n) is 2.48. The predicted octanol–water partition coefficient (Wildman–Crippen LogP) is 1.04. The molecule has 0 spiro atoms. The normalized spacial score (nSPS) is 29.7. The van der Waals surface area contributed by atoms with Crippen LogP contribution in [0.2, 0.25) is 0 Å². The zero-order valence-electron chi connectivity index (χ0n) is 8.43. The minimum absolute atomic E-state index is 0.351. The fourth-order valence-electron chi connectivity index (χ4n) is 2.08. The lowest BCUT2D eigenvalue weighted by Gasteiger charge is -2.35. The minimum Gasteiger partial charge on any atom is -0.390 e. The van der Waals surface area contributed by atoms with Gasteiger partial charge in [0.05, 0.1) is 17.1 Å². The van der Waals surface area contributed by atoms with Crippen molar-refractivity contribution in [2.75, 3.05) is 13.1 Å². The second-order valence-electron chi connectivity index (χ2n) is 4.66. The highest BCUT2D eigenvalue weighted by Crippen LogP contribution is 2.33. The Morgan fingerprint density at radius 1 is 1.62 bits per heavy atom. The first-order valence-electron chi connectivity index (χ1n) is 4.82. The van der Waals surface area contributed by atoms with E-state index in [1.165, 1.54) is 0 Å². The molecule has 1 fully saturated rings. The summed E-state index contributed by atoms with van der Waals surface area (Å²) in [6.07, 6.45) is 2.49. The number of aliphatic hydroxyl groups is 1. The van der Waals surface area contributed by atoms with Crippen LogP contribution >= 0.6 is 0 Å². The maximum atomic E-state index is 9.69. The van der Waals surface area contributed by atoms with Gasteiger partial charge in [0.2, 0.25) is 0 Å². The highest BCUT2D eigenvalue weighted by Gasteiger charge is 2.36. The third kappa shape index (κ3) is 2.98. The number of nitriles is 1. The molecule has 3 heteroatoms. The molecule has 74 valence electrons. The Hall–Kier alpha value is -0.590. The van der Waals surface area contributed by atoms with Crippen molar-refractivity contribution in [2.24, 2.45) is 5.41 Å². The molecule has 0 aromatic heterocycles.